The van der Waals surface area contributed by atoms with Crippen LogP contribution in [0.3, 0.4) is 0 Å². The van der Waals surface area contributed by atoms with E-state index in [-0.39, 0.29) is 12.4 Å². The fraction of sp³-hybridized carbons (Fsp3) is 0.250. The number of hydrogen-bond donors (Lipinski definition) is 0. The Balaban J connectivity index is 2.40. The second-order valence-electron chi connectivity index (χ2n) is 3.06. The van der Waals surface area contributed by atoms with E-state index in [2.05, 4.69) is 29.2 Å². The Morgan fingerprint density at radius 2 is 2.07 bits per heavy atom. The number of Topliss-reactive ketones (excluding diaryl/α,β-unsaturated/α-hetero) is 1. The summed E-state index contributed by atoms with van der Waals surface area (Å²) >= 11 is 2.21. The molecule has 0 aliphatic carbocycles. The van der Waals surface area contributed by atoms with Gasteiger partial charge in [0.05, 0.1) is 6.61 Å². The van der Waals surface area contributed by atoms with Crippen molar-refractivity contribution in [3.63, 3.8) is 0 Å². The van der Waals surface area contributed by atoms with Gasteiger partial charge in [-0.2, -0.15) is 0 Å². The molecule has 1 aromatic rings. The maximum absolute atomic E-state index is 11.6. The molecule has 15 heavy (non-hydrogen) atoms. The lowest BCUT2D eigenvalue weighted by Gasteiger charge is -2.02. The Bertz CT molecular complexity index is 330. The summed E-state index contributed by atoms with van der Waals surface area (Å²) in [6.45, 7) is 4.28. The van der Waals surface area contributed by atoms with Crippen LogP contribution in [0.1, 0.15) is 16.8 Å². The summed E-state index contributed by atoms with van der Waals surface area (Å²) in [6, 6.07) is 7.47. The van der Waals surface area contributed by atoms with Crippen LogP contribution in [0.2, 0.25) is 0 Å². The predicted molar refractivity (Wildman–Crippen MR) is 69.1 cm³/mol. The summed E-state index contributed by atoms with van der Waals surface area (Å²) in [5, 5.41) is 0. The average molecular weight is 316 g/mol. The first-order valence-electron chi connectivity index (χ1n) is 4.71. The highest BCUT2D eigenvalue weighted by molar-refractivity contribution is 14.1. The van der Waals surface area contributed by atoms with E-state index in [1.54, 1.807) is 6.08 Å². The van der Waals surface area contributed by atoms with Gasteiger partial charge in [-0.3, -0.25) is 4.79 Å². The lowest BCUT2D eigenvalue weighted by molar-refractivity contribution is 0.0768. The van der Waals surface area contributed by atoms with Gasteiger partial charge in [-0.15, -0.1) is 6.58 Å². The number of carbonyl (C=O) groups excluding carboxylic acids is 1. The quantitative estimate of drug-likeness (QED) is 0.349. The summed E-state index contributed by atoms with van der Waals surface area (Å²) < 4.78 is 6.32. The highest BCUT2D eigenvalue weighted by Gasteiger charge is 2.04. The molecule has 2 nitrogen and oxygen atoms in total. The van der Waals surface area contributed by atoms with Crippen LogP contribution in [-0.4, -0.2) is 19.0 Å². The second-order valence-corrected chi connectivity index (χ2v) is 4.31. The van der Waals surface area contributed by atoms with Gasteiger partial charge < -0.3 is 4.74 Å². The highest BCUT2D eigenvalue weighted by atomic mass is 127. The van der Waals surface area contributed by atoms with Crippen LogP contribution in [0.5, 0.6) is 0 Å². The topological polar surface area (TPSA) is 26.3 Å². The molecular formula is C12H13IO2. The van der Waals surface area contributed by atoms with Crippen molar-refractivity contribution < 1.29 is 9.53 Å². The zero-order chi connectivity index (χ0) is 11.1. The molecule has 1 aromatic carbocycles. The first kappa shape index (κ1) is 12.4. The van der Waals surface area contributed by atoms with Crippen molar-refractivity contribution in [1.82, 2.24) is 0 Å². The molecule has 0 unspecified atom stereocenters. The molecule has 0 aliphatic rings. The Labute approximate surface area is 103 Å². The molecular weight excluding hydrogens is 303 g/mol. The van der Waals surface area contributed by atoms with Crippen LogP contribution in [-0.2, 0) is 4.74 Å². The van der Waals surface area contributed by atoms with E-state index in [0.29, 0.717) is 12.2 Å². The zero-order valence-corrected chi connectivity index (χ0v) is 10.6. The van der Waals surface area contributed by atoms with Crippen LogP contribution in [0.15, 0.2) is 36.9 Å². The number of carbonyl (C=O) groups is 1. The van der Waals surface area contributed by atoms with Crippen molar-refractivity contribution >= 4 is 28.4 Å². The van der Waals surface area contributed by atoms with Gasteiger partial charge in [0.25, 0.3) is 0 Å². The van der Waals surface area contributed by atoms with Gasteiger partial charge in [-0.05, 0) is 41.1 Å². The minimum atomic E-state index is 0.0236. The van der Waals surface area contributed by atoms with Crippen molar-refractivity contribution in [1.29, 1.82) is 0 Å². The van der Waals surface area contributed by atoms with Gasteiger partial charge >= 0.3 is 0 Å². The second kappa shape index (κ2) is 6.74. The molecule has 0 atom stereocenters. The summed E-state index contributed by atoms with van der Waals surface area (Å²) in [6.07, 6.45) is 2.55. The number of halogens is 1. The van der Waals surface area contributed by atoms with Gasteiger partial charge in [-0.25, -0.2) is 0 Å². The van der Waals surface area contributed by atoms with E-state index in [0.717, 1.165) is 9.99 Å². The molecule has 0 saturated carbocycles. The highest BCUT2D eigenvalue weighted by Crippen LogP contribution is 2.07. The van der Waals surface area contributed by atoms with Crippen molar-refractivity contribution in [2.24, 2.45) is 0 Å². The summed E-state index contributed by atoms with van der Waals surface area (Å²) in [4.78, 5) is 11.6. The largest absolute Gasteiger partial charge is 0.373 e. The van der Waals surface area contributed by atoms with E-state index < -0.39 is 0 Å². The van der Waals surface area contributed by atoms with E-state index >= 15 is 0 Å². The third kappa shape index (κ3) is 4.57. The van der Waals surface area contributed by atoms with Crippen LogP contribution in [0.4, 0.5) is 0 Å². The van der Waals surface area contributed by atoms with Gasteiger partial charge in [0.2, 0.25) is 0 Å². The fourth-order valence-electron chi connectivity index (χ4n) is 1.05. The Morgan fingerprint density at radius 3 is 2.67 bits per heavy atom. The molecule has 0 fully saturated rings. The van der Waals surface area contributed by atoms with Gasteiger partial charge in [0.1, 0.15) is 6.61 Å². The van der Waals surface area contributed by atoms with Gasteiger partial charge in [-0.1, -0.05) is 18.2 Å². The number of benzene rings is 1. The monoisotopic (exact) mass is 316 g/mol. The molecule has 0 aliphatic heterocycles. The molecule has 0 aromatic heterocycles. The fourth-order valence-corrected chi connectivity index (χ4v) is 1.41. The van der Waals surface area contributed by atoms with E-state index in [9.17, 15) is 4.79 Å². The number of rotatable bonds is 6. The maximum atomic E-state index is 11.6. The predicted octanol–water partition coefficient (Wildman–Crippen LogP) is 3.07. The van der Waals surface area contributed by atoms with Crippen molar-refractivity contribution in [2.75, 3.05) is 13.2 Å². The van der Waals surface area contributed by atoms with Crippen LogP contribution in [0, 0.1) is 3.57 Å². The minimum Gasteiger partial charge on any atom is -0.373 e. The third-order valence-corrected chi connectivity index (χ3v) is 2.58. The summed E-state index contributed by atoms with van der Waals surface area (Å²) in [5.41, 5.74) is 0.703. The molecule has 1 rings (SSSR count). The van der Waals surface area contributed by atoms with Crippen LogP contribution < -0.4 is 0 Å². The van der Waals surface area contributed by atoms with Crippen molar-refractivity contribution in [3.8, 4) is 0 Å². The number of hydrogen-bond acceptors (Lipinski definition) is 2. The normalized spacial score (nSPS) is 9.93. The minimum absolute atomic E-state index is 0.0236. The third-order valence-electron chi connectivity index (χ3n) is 1.87. The van der Waals surface area contributed by atoms with Gasteiger partial charge in [0, 0.05) is 9.13 Å². The lowest BCUT2D eigenvalue weighted by atomic mass is 10.1. The number of ether oxygens (including phenoxy) is 1. The molecule has 0 N–H and O–H groups in total. The smallest absolute Gasteiger partial charge is 0.188 e. The van der Waals surface area contributed by atoms with Gasteiger partial charge in [0.15, 0.2) is 5.78 Å². The first-order valence-corrected chi connectivity index (χ1v) is 5.79. The van der Waals surface area contributed by atoms with E-state index in [1.807, 2.05) is 24.3 Å². The number of ketones is 1. The molecule has 0 amide bonds. The average Bonchev–Trinajstić information content (AvgIpc) is 2.25. The SMILES string of the molecule is C=CCCOCC(=O)c1ccc(I)cc1. The maximum Gasteiger partial charge on any atom is 0.188 e. The first-order chi connectivity index (χ1) is 7.24. The van der Waals surface area contributed by atoms with E-state index in [1.165, 1.54) is 0 Å². The molecule has 0 radical (unpaired) electrons. The van der Waals surface area contributed by atoms with E-state index in [4.69, 9.17) is 4.74 Å². The standard InChI is InChI=1S/C12H13IO2/c1-2-3-8-15-9-12(14)10-4-6-11(13)7-5-10/h2,4-7H,1,3,8-9H2. The van der Waals surface area contributed by atoms with Crippen LogP contribution >= 0.6 is 22.6 Å². The Kier molecular flexibility index (Phi) is 5.57. The zero-order valence-electron chi connectivity index (χ0n) is 8.41. The molecule has 0 saturated heterocycles. The molecule has 0 bridgehead atoms. The molecule has 80 valence electrons. The molecule has 0 spiro atoms. The van der Waals surface area contributed by atoms with Crippen molar-refractivity contribution in [2.45, 2.75) is 6.42 Å². The Hall–Kier alpha value is -0.680. The Morgan fingerprint density at radius 1 is 1.40 bits per heavy atom. The molecule has 0 heterocycles. The van der Waals surface area contributed by atoms with Crippen LogP contribution in [0.25, 0.3) is 0 Å². The van der Waals surface area contributed by atoms with Crippen molar-refractivity contribution in [3.05, 3.63) is 46.1 Å². The summed E-state index contributed by atoms with van der Waals surface area (Å²) in [5.74, 6) is 0.0236. The molecule has 3 heteroatoms. The lowest BCUT2D eigenvalue weighted by Crippen LogP contribution is -2.09. The summed E-state index contributed by atoms with van der Waals surface area (Å²) in [7, 11) is 0.